The molecule has 0 spiro atoms. The number of para-hydroxylation sites is 2. The maximum Gasteiger partial charge on any atom is 0.146 e. The van der Waals surface area contributed by atoms with Crippen molar-refractivity contribution in [1.82, 2.24) is 14.5 Å². The summed E-state index contributed by atoms with van der Waals surface area (Å²) in [6.07, 6.45) is 3.53. The van der Waals surface area contributed by atoms with Crippen LogP contribution in [0.2, 0.25) is 0 Å². The molecule has 0 amide bonds. The van der Waals surface area contributed by atoms with Crippen LogP contribution in [-0.2, 0) is 0 Å². The second kappa shape index (κ2) is 4.06. The molecule has 96 valence electrons. The summed E-state index contributed by atoms with van der Waals surface area (Å²) in [6.45, 7) is 0. The topological polar surface area (TPSA) is 50.9 Å². The van der Waals surface area contributed by atoms with Gasteiger partial charge in [0.25, 0.3) is 0 Å². The van der Waals surface area contributed by atoms with E-state index in [1.54, 1.807) is 24.7 Å². The molecule has 0 aliphatic carbocycles. The molecule has 0 fully saturated rings. The van der Waals surface area contributed by atoms with Crippen LogP contribution in [0.5, 0.6) is 5.75 Å². The molecule has 0 saturated heterocycles. The van der Waals surface area contributed by atoms with Crippen LogP contribution in [-0.4, -0.2) is 19.6 Å². The lowest BCUT2D eigenvalue weighted by molar-refractivity contribution is 0.476. The summed E-state index contributed by atoms with van der Waals surface area (Å²) in [7, 11) is 0. The van der Waals surface area contributed by atoms with Crippen LogP contribution in [0.1, 0.15) is 0 Å². The number of hydrogen-bond donors (Lipinski definition) is 1. The molecule has 4 aromatic rings. The van der Waals surface area contributed by atoms with Crippen LogP contribution >= 0.6 is 0 Å². The van der Waals surface area contributed by atoms with Crippen LogP contribution in [0, 0.1) is 0 Å². The van der Waals surface area contributed by atoms with Crippen molar-refractivity contribution in [2.45, 2.75) is 0 Å². The lowest BCUT2D eigenvalue weighted by Crippen LogP contribution is -1.96. The minimum Gasteiger partial charge on any atom is -0.508 e. The standard InChI is InChI=1S/C16H11N3O/c20-12-6-5-11-7-8-17-16(13(11)9-12)19-10-18-14-3-1-2-4-15(14)19/h1-10,20H. The predicted octanol–water partition coefficient (Wildman–Crippen LogP) is 3.28. The second-order valence-electron chi connectivity index (χ2n) is 4.64. The van der Waals surface area contributed by atoms with Gasteiger partial charge < -0.3 is 5.11 Å². The number of nitrogens with zero attached hydrogens (tertiary/aromatic N) is 3. The van der Waals surface area contributed by atoms with E-state index in [4.69, 9.17) is 0 Å². The van der Waals surface area contributed by atoms with Crippen LogP contribution < -0.4 is 0 Å². The summed E-state index contributed by atoms with van der Waals surface area (Å²) in [6, 6.07) is 15.1. The average Bonchev–Trinajstić information content (AvgIpc) is 2.90. The third-order valence-corrected chi connectivity index (χ3v) is 3.41. The zero-order valence-electron chi connectivity index (χ0n) is 10.6. The van der Waals surface area contributed by atoms with Gasteiger partial charge in [0.15, 0.2) is 0 Å². The molecule has 0 unspecified atom stereocenters. The third-order valence-electron chi connectivity index (χ3n) is 3.41. The molecule has 0 bridgehead atoms. The van der Waals surface area contributed by atoms with Gasteiger partial charge in [-0.05, 0) is 35.7 Å². The number of fused-ring (bicyclic) bond motifs is 2. The lowest BCUT2D eigenvalue weighted by atomic mass is 10.1. The maximum absolute atomic E-state index is 9.71. The van der Waals surface area contributed by atoms with Crippen molar-refractivity contribution < 1.29 is 5.11 Å². The summed E-state index contributed by atoms with van der Waals surface area (Å²) < 4.78 is 1.94. The summed E-state index contributed by atoms with van der Waals surface area (Å²) in [5.74, 6) is 1.00. The molecule has 2 aromatic heterocycles. The Morgan fingerprint density at radius 2 is 1.85 bits per heavy atom. The molecule has 1 N–H and O–H groups in total. The number of aromatic nitrogens is 3. The van der Waals surface area contributed by atoms with Gasteiger partial charge in [-0.2, -0.15) is 0 Å². The fraction of sp³-hybridized carbons (Fsp3) is 0. The van der Waals surface area contributed by atoms with Crippen LogP contribution in [0.25, 0.3) is 27.6 Å². The Hall–Kier alpha value is -2.88. The van der Waals surface area contributed by atoms with Crippen LogP contribution in [0.15, 0.2) is 61.1 Å². The number of benzene rings is 2. The first-order valence-electron chi connectivity index (χ1n) is 6.33. The second-order valence-corrected chi connectivity index (χ2v) is 4.64. The first kappa shape index (κ1) is 11.0. The smallest absolute Gasteiger partial charge is 0.146 e. The summed E-state index contributed by atoms with van der Waals surface area (Å²) in [5, 5.41) is 11.6. The Balaban J connectivity index is 2.09. The van der Waals surface area contributed by atoms with E-state index in [1.165, 1.54) is 0 Å². The number of rotatable bonds is 1. The Morgan fingerprint density at radius 1 is 0.950 bits per heavy atom. The number of imidazole rings is 1. The molecule has 20 heavy (non-hydrogen) atoms. The lowest BCUT2D eigenvalue weighted by Gasteiger charge is -2.07. The molecule has 0 saturated carbocycles. The maximum atomic E-state index is 9.71. The van der Waals surface area contributed by atoms with E-state index in [0.29, 0.717) is 0 Å². The van der Waals surface area contributed by atoms with E-state index in [-0.39, 0.29) is 5.75 Å². The van der Waals surface area contributed by atoms with Gasteiger partial charge in [0.05, 0.1) is 11.0 Å². The number of phenols is 1. The highest BCUT2D eigenvalue weighted by atomic mass is 16.3. The SMILES string of the molecule is Oc1ccc2ccnc(-n3cnc4ccccc43)c2c1. The van der Waals surface area contributed by atoms with Crippen molar-refractivity contribution in [3.8, 4) is 11.6 Å². The van der Waals surface area contributed by atoms with Gasteiger partial charge in [0, 0.05) is 11.6 Å². The molecular formula is C16H11N3O. The van der Waals surface area contributed by atoms with Gasteiger partial charge in [0.2, 0.25) is 0 Å². The molecule has 2 aromatic carbocycles. The molecule has 4 nitrogen and oxygen atoms in total. The van der Waals surface area contributed by atoms with Gasteiger partial charge in [-0.1, -0.05) is 18.2 Å². The largest absolute Gasteiger partial charge is 0.508 e. The van der Waals surface area contributed by atoms with Gasteiger partial charge >= 0.3 is 0 Å². The van der Waals surface area contributed by atoms with Crippen molar-refractivity contribution in [1.29, 1.82) is 0 Å². The fourth-order valence-corrected chi connectivity index (χ4v) is 2.46. The Kier molecular flexibility index (Phi) is 2.23. The first-order valence-corrected chi connectivity index (χ1v) is 6.33. The van der Waals surface area contributed by atoms with E-state index in [1.807, 2.05) is 41.0 Å². The van der Waals surface area contributed by atoms with Crippen molar-refractivity contribution in [3.05, 3.63) is 61.1 Å². The molecule has 0 radical (unpaired) electrons. The van der Waals surface area contributed by atoms with E-state index in [2.05, 4.69) is 9.97 Å². The Bertz CT molecular complexity index is 927. The minimum atomic E-state index is 0.233. The van der Waals surface area contributed by atoms with Gasteiger partial charge in [-0.3, -0.25) is 4.57 Å². The number of pyridine rings is 1. The van der Waals surface area contributed by atoms with Crippen molar-refractivity contribution in [3.63, 3.8) is 0 Å². The monoisotopic (exact) mass is 261 g/mol. The third kappa shape index (κ3) is 1.55. The zero-order valence-corrected chi connectivity index (χ0v) is 10.6. The number of hydrogen-bond acceptors (Lipinski definition) is 3. The normalized spacial score (nSPS) is 11.2. The fourth-order valence-electron chi connectivity index (χ4n) is 2.46. The van der Waals surface area contributed by atoms with Crippen LogP contribution in [0.3, 0.4) is 0 Å². The highest BCUT2D eigenvalue weighted by molar-refractivity contribution is 5.91. The van der Waals surface area contributed by atoms with E-state index < -0.39 is 0 Å². The first-order chi connectivity index (χ1) is 9.83. The summed E-state index contributed by atoms with van der Waals surface area (Å²) >= 11 is 0. The molecule has 4 rings (SSSR count). The van der Waals surface area contributed by atoms with Crippen molar-refractivity contribution in [2.24, 2.45) is 0 Å². The quantitative estimate of drug-likeness (QED) is 0.572. The van der Waals surface area contributed by atoms with E-state index in [9.17, 15) is 5.11 Å². The van der Waals surface area contributed by atoms with E-state index in [0.717, 1.165) is 27.6 Å². The highest BCUT2D eigenvalue weighted by Gasteiger charge is 2.09. The highest BCUT2D eigenvalue weighted by Crippen LogP contribution is 2.26. The average molecular weight is 261 g/mol. The van der Waals surface area contributed by atoms with Gasteiger partial charge in [-0.25, -0.2) is 9.97 Å². The molecule has 0 aliphatic heterocycles. The summed E-state index contributed by atoms with van der Waals surface area (Å²) in [5.41, 5.74) is 1.92. The summed E-state index contributed by atoms with van der Waals surface area (Å²) in [4.78, 5) is 8.84. The van der Waals surface area contributed by atoms with Crippen molar-refractivity contribution in [2.75, 3.05) is 0 Å². The Labute approximate surface area is 115 Å². The molecule has 4 heteroatoms. The number of phenolic OH excluding ortho intramolecular Hbond substituents is 1. The van der Waals surface area contributed by atoms with E-state index >= 15 is 0 Å². The van der Waals surface area contributed by atoms with Gasteiger partial charge in [-0.15, -0.1) is 0 Å². The minimum absolute atomic E-state index is 0.233. The molecular weight excluding hydrogens is 250 g/mol. The zero-order chi connectivity index (χ0) is 13.5. The van der Waals surface area contributed by atoms with Crippen LogP contribution in [0.4, 0.5) is 0 Å². The molecule has 0 atom stereocenters. The Morgan fingerprint density at radius 3 is 2.80 bits per heavy atom. The molecule has 0 aliphatic rings. The number of aromatic hydroxyl groups is 1. The van der Waals surface area contributed by atoms with Gasteiger partial charge in [0.1, 0.15) is 17.9 Å². The predicted molar refractivity (Wildman–Crippen MR) is 78.0 cm³/mol. The molecule has 2 heterocycles. The van der Waals surface area contributed by atoms with Crippen molar-refractivity contribution >= 4 is 21.8 Å².